The lowest BCUT2D eigenvalue weighted by atomic mass is 10.0. The molecule has 9 heteroatoms. The van der Waals surface area contributed by atoms with E-state index in [4.69, 9.17) is 21.1 Å². The number of nitrogens with zero attached hydrogens (tertiary/aromatic N) is 2. The monoisotopic (exact) mass is 513 g/mol. The van der Waals surface area contributed by atoms with Crippen molar-refractivity contribution in [3.63, 3.8) is 0 Å². The Kier molecular flexibility index (Phi) is 7.95. The predicted octanol–water partition coefficient (Wildman–Crippen LogP) is 4.93. The van der Waals surface area contributed by atoms with Crippen molar-refractivity contribution in [2.75, 3.05) is 57.2 Å². The van der Waals surface area contributed by atoms with Crippen LogP contribution in [-0.4, -0.2) is 63.7 Å². The fourth-order valence-corrected chi connectivity index (χ4v) is 5.32. The molecule has 4 rings (SSSR count). The summed E-state index contributed by atoms with van der Waals surface area (Å²) >= 11 is 7.50. The first-order valence-electron chi connectivity index (χ1n) is 11.3. The van der Waals surface area contributed by atoms with E-state index in [1.165, 1.54) is 24.0 Å². The molecule has 184 valence electrons. The quantitative estimate of drug-likeness (QED) is 0.451. The number of methoxy groups -OCH3 is 2. The number of amides is 1. The van der Waals surface area contributed by atoms with E-state index in [2.05, 4.69) is 22.0 Å². The highest BCUT2D eigenvalue weighted by atomic mass is 35.5. The third-order valence-electron chi connectivity index (χ3n) is 6.09. The van der Waals surface area contributed by atoms with Gasteiger partial charge in [-0.2, -0.15) is 0 Å². The molecule has 35 heavy (non-hydrogen) atoms. The van der Waals surface area contributed by atoms with Crippen LogP contribution in [0.15, 0.2) is 47.8 Å². The molecule has 1 fully saturated rings. The molecule has 1 saturated heterocycles. The number of anilines is 2. The predicted molar refractivity (Wildman–Crippen MR) is 141 cm³/mol. The first-order valence-corrected chi connectivity index (χ1v) is 12.5. The van der Waals surface area contributed by atoms with Gasteiger partial charge in [0.15, 0.2) is 0 Å². The molecule has 0 aliphatic carbocycles. The Morgan fingerprint density at radius 1 is 1.06 bits per heavy atom. The van der Waals surface area contributed by atoms with Gasteiger partial charge in [-0.3, -0.25) is 9.69 Å². The second-order valence-electron chi connectivity index (χ2n) is 8.32. The molecule has 1 aromatic heterocycles. The highest BCUT2D eigenvalue weighted by molar-refractivity contribution is 7.15. The van der Waals surface area contributed by atoms with Gasteiger partial charge in [0.1, 0.15) is 16.3 Å². The van der Waals surface area contributed by atoms with E-state index in [1.54, 1.807) is 7.11 Å². The third-order valence-corrected chi connectivity index (χ3v) is 7.22. The van der Waals surface area contributed by atoms with E-state index >= 15 is 0 Å². The van der Waals surface area contributed by atoms with Gasteiger partial charge in [-0.25, -0.2) is 4.79 Å². The third kappa shape index (κ3) is 5.78. The molecule has 1 aliphatic heterocycles. The Hall–Kier alpha value is -3.07. The first-order chi connectivity index (χ1) is 16.9. The van der Waals surface area contributed by atoms with E-state index in [0.29, 0.717) is 16.1 Å². The molecule has 0 unspecified atom stereocenters. The van der Waals surface area contributed by atoms with Crippen molar-refractivity contribution >= 4 is 45.5 Å². The second-order valence-corrected chi connectivity index (χ2v) is 9.63. The normalized spacial score (nSPS) is 14.0. The molecule has 0 spiro atoms. The number of carbonyl (C=O) groups excluding carboxylic acids is 2. The zero-order valence-electron chi connectivity index (χ0n) is 20.0. The summed E-state index contributed by atoms with van der Waals surface area (Å²) in [4.78, 5) is 29.9. The number of rotatable bonds is 7. The number of thiophene rings is 1. The van der Waals surface area contributed by atoms with Gasteiger partial charge in [-0.05, 0) is 42.3 Å². The Bertz CT molecular complexity index is 1200. The highest BCUT2D eigenvalue weighted by Crippen LogP contribution is 2.37. The number of ether oxygens (including phenoxy) is 2. The summed E-state index contributed by atoms with van der Waals surface area (Å²) in [6, 6.07) is 13.3. The van der Waals surface area contributed by atoms with Crippen LogP contribution in [0.2, 0.25) is 5.02 Å². The van der Waals surface area contributed by atoms with Crippen molar-refractivity contribution in [2.24, 2.45) is 0 Å². The maximum absolute atomic E-state index is 12.9. The number of carbonyl (C=O) groups is 2. The van der Waals surface area contributed by atoms with Gasteiger partial charge in [0.25, 0.3) is 0 Å². The lowest BCUT2D eigenvalue weighted by Gasteiger charge is -2.36. The summed E-state index contributed by atoms with van der Waals surface area (Å²) in [6.07, 6.45) is 0. The van der Waals surface area contributed by atoms with E-state index < -0.39 is 5.97 Å². The van der Waals surface area contributed by atoms with Gasteiger partial charge in [-0.15, -0.1) is 11.3 Å². The van der Waals surface area contributed by atoms with Crippen LogP contribution in [0.5, 0.6) is 5.75 Å². The van der Waals surface area contributed by atoms with Crippen molar-refractivity contribution in [1.29, 1.82) is 0 Å². The SMILES string of the molecule is COC(=O)c1c(-c2ccc(OC)cc2)csc1NC(=O)CN1CCN(c2cc(Cl)ccc2C)CC1. The molecular weight excluding hydrogens is 486 g/mol. The van der Waals surface area contributed by atoms with Crippen LogP contribution in [0.4, 0.5) is 10.7 Å². The maximum Gasteiger partial charge on any atom is 0.341 e. The Labute approximate surface area is 214 Å². The van der Waals surface area contributed by atoms with Crippen LogP contribution < -0.4 is 15.0 Å². The molecule has 3 aromatic rings. The highest BCUT2D eigenvalue weighted by Gasteiger charge is 2.24. The van der Waals surface area contributed by atoms with Crippen LogP contribution in [0.25, 0.3) is 11.1 Å². The zero-order chi connectivity index (χ0) is 24.9. The number of benzene rings is 2. The number of piperazine rings is 1. The van der Waals surface area contributed by atoms with Gasteiger partial charge < -0.3 is 19.7 Å². The van der Waals surface area contributed by atoms with Crippen LogP contribution in [0.3, 0.4) is 0 Å². The molecule has 1 amide bonds. The number of hydrogen-bond donors (Lipinski definition) is 1. The molecule has 0 atom stereocenters. The Morgan fingerprint density at radius 2 is 1.77 bits per heavy atom. The molecule has 1 aliphatic rings. The maximum atomic E-state index is 12.9. The molecule has 0 bridgehead atoms. The van der Waals surface area contributed by atoms with Crippen LogP contribution in [0, 0.1) is 6.92 Å². The topological polar surface area (TPSA) is 71.1 Å². The van der Waals surface area contributed by atoms with Crippen molar-refractivity contribution in [3.8, 4) is 16.9 Å². The summed E-state index contributed by atoms with van der Waals surface area (Å²) in [7, 11) is 2.94. The van der Waals surface area contributed by atoms with Gasteiger partial charge >= 0.3 is 5.97 Å². The van der Waals surface area contributed by atoms with E-state index in [9.17, 15) is 9.59 Å². The van der Waals surface area contributed by atoms with Crippen LogP contribution in [0.1, 0.15) is 15.9 Å². The van der Waals surface area contributed by atoms with Crippen molar-refractivity contribution < 1.29 is 19.1 Å². The lowest BCUT2D eigenvalue weighted by Crippen LogP contribution is -2.48. The molecule has 0 saturated carbocycles. The number of halogens is 1. The standard InChI is InChI=1S/C26H28ClN3O4S/c1-17-4-7-19(27)14-22(17)30-12-10-29(11-13-30)15-23(31)28-25-24(26(32)34-3)21(16-35-25)18-5-8-20(33-2)9-6-18/h4-9,14,16H,10-13,15H2,1-3H3,(H,28,31). The zero-order valence-corrected chi connectivity index (χ0v) is 21.5. The van der Waals surface area contributed by atoms with E-state index in [1.807, 2.05) is 47.8 Å². The summed E-state index contributed by atoms with van der Waals surface area (Å²) in [5.74, 6) is 0.0753. The number of hydrogen-bond acceptors (Lipinski definition) is 7. The lowest BCUT2D eigenvalue weighted by molar-refractivity contribution is -0.117. The summed E-state index contributed by atoms with van der Waals surface area (Å²) in [6.45, 7) is 5.45. The summed E-state index contributed by atoms with van der Waals surface area (Å²) in [5, 5.41) is 5.99. The van der Waals surface area contributed by atoms with Gasteiger partial charge in [0.2, 0.25) is 5.91 Å². The fourth-order valence-electron chi connectivity index (χ4n) is 4.18. The number of aryl methyl sites for hydroxylation is 1. The molecule has 2 aromatic carbocycles. The molecule has 0 radical (unpaired) electrons. The van der Waals surface area contributed by atoms with Gasteiger partial charge in [0, 0.05) is 47.8 Å². The number of nitrogens with one attached hydrogen (secondary N) is 1. The van der Waals surface area contributed by atoms with Crippen molar-refractivity contribution in [3.05, 3.63) is 64.0 Å². The minimum atomic E-state index is -0.488. The van der Waals surface area contributed by atoms with Gasteiger partial charge in [-0.1, -0.05) is 29.8 Å². The van der Waals surface area contributed by atoms with Gasteiger partial charge in [0.05, 0.1) is 20.8 Å². The first kappa shape index (κ1) is 25.0. The molecular formula is C26H28ClN3O4S. The summed E-state index contributed by atoms with van der Waals surface area (Å²) < 4.78 is 10.2. The minimum Gasteiger partial charge on any atom is -0.497 e. The fraction of sp³-hybridized carbons (Fsp3) is 0.308. The average Bonchev–Trinajstić information content (AvgIpc) is 3.28. The van der Waals surface area contributed by atoms with Crippen molar-refractivity contribution in [1.82, 2.24) is 4.90 Å². The molecule has 2 heterocycles. The average molecular weight is 514 g/mol. The van der Waals surface area contributed by atoms with Crippen LogP contribution >= 0.6 is 22.9 Å². The molecule has 1 N–H and O–H groups in total. The molecule has 7 nitrogen and oxygen atoms in total. The van der Waals surface area contributed by atoms with E-state index in [0.717, 1.165) is 48.2 Å². The van der Waals surface area contributed by atoms with Crippen LogP contribution in [-0.2, 0) is 9.53 Å². The van der Waals surface area contributed by atoms with Crippen molar-refractivity contribution in [2.45, 2.75) is 6.92 Å². The largest absolute Gasteiger partial charge is 0.497 e. The second kappa shape index (κ2) is 11.1. The van der Waals surface area contributed by atoms with E-state index in [-0.39, 0.29) is 12.5 Å². The number of esters is 1. The Balaban J connectivity index is 1.41. The Morgan fingerprint density at radius 3 is 2.43 bits per heavy atom. The minimum absolute atomic E-state index is 0.161. The smallest absolute Gasteiger partial charge is 0.341 e. The summed E-state index contributed by atoms with van der Waals surface area (Å²) in [5.41, 5.74) is 4.23.